The first-order chi connectivity index (χ1) is 15.1. The minimum atomic E-state index is -1.87. The van der Waals surface area contributed by atoms with E-state index in [1.807, 2.05) is 51.1 Å². The summed E-state index contributed by atoms with van der Waals surface area (Å²) in [6, 6.07) is 12.4. The number of carbonyl (C=O) groups excluding carboxylic acids is 2. The molecule has 0 unspecified atom stereocenters. The van der Waals surface area contributed by atoms with Gasteiger partial charge in [0.2, 0.25) is 0 Å². The number of piperidine rings is 1. The van der Waals surface area contributed by atoms with E-state index in [9.17, 15) is 9.59 Å². The summed E-state index contributed by atoms with van der Waals surface area (Å²) in [5, 5.41) is 2.93. The van der Waals surface area contributed by atoms with Crippen molar-refractivity contribution in [2.45, 2.75) is 90.4 Å². The third kappa shape index (κ3) is 8.13. The van der Waals surface area contributed by atoms with E-state index in [0.717, 1.165) is 23.7 Å². The van der Waals surface area contributed by atoms with Gasteiger partial charge in [-0.1, -0.05) is 51.1 Å². The van der Waals surface area contributed by atoms with Crippen LogP contribution in [0.3, 0.4) is 0 Å². The van der Waals surface area contributed by atoms with Crippen molar-refractivity contribution < 1.29 is 23.5 Å². The van der Waals surface area contributed by atoms with Crippen LogP contribution in [-0.2, 0) is 20.5 Å². The molecule has 8 heteroatoms. The van der Waals surface area contributed by atoms with E-state index in [0.29, 0.717) is 19.5 Å². The van der Waals surface area contributed by atoms with Crippen molar-refractivity contribution >= 4 is 20.5 Å². The summed E-state index contributed by atoms with van der Waals surface area (Å²) in [6.45, 7) is 13.1. The van der Waals surface area contributed by atoms with Crippen molar-refractivity contribution in [1.29, 1.82) is 0 Å². The molecule has 2 rings (SSSR count). The van der Waals surface area contributed by atoms with Crippen LogP contribution in [0.15, 0.2) is 30.3 Å². The number of amides is 2. The second-order valence-electron chi connectivity index (χ2n) is 9.51. The fraction of sp³-hybridized carbons (Fsp3) is 0.667. The van der Waals surface area contributed by atoms with Crippen LogP contribution in [0.5, 0.6) is 0 Å². The molecule has 0 spiro atoms. The highest BCUT2D eigenvalue weighted by atomic mass is 28.4. The van der Waals surface area contributed by atoms with Gasteiger partial charge in [-0.15, -0.1) is 0 Å². The SMILES string of the molecule is CC[Si](CC)(CC)O[C@H]1C[C@H](NC(=O)OC(C)(C)C)CN(C(=O)OCc2ccccc2)C1. The predicted molar refractivity (Wildman–Crippen MR) is 128 cm³/mol. The van der Waals surface area contributed by atoms with Crippen molar-refractivity contribution in [3.8, 4) is 0 Å². The Morgan fingerprint density at radius 1 is 1.06 bits per heavy atom. The number of alkyl carbamates (subject to hydrolysis) is 1. The quantitative estimate of drug-likeness (QED) is 0.527. The van der Waals surface area contributed by atoms with E-state index in [1.165, 1.54) is 0 Å². The van der Waals surface area contributed by atoms with Crippen LogP contribution in [0.1, 0.15) is 53.5 Å². The lowest BCUT2D eigenvalue weighted by molar-refractivity contribution is 0.0270. The van der Waals surface area contributed by atoms with E-state index < -0.39 is 26.1 Å². The van der Waals surface area contributed by atoms with Crippen molar-refractivity contribution in [2.24, 2.45) is 0 Å². The van der Waals surface area contributed by atoms with Gasteiger partial charge in [0.05, 0.1) is 12.1 Å². The van der Waals surface area contributed by atoms with Crippen LogP contribution in [-0.4, -0.2) is 56.2 Å². The van der Waals surface area contributed by atoms with E-state index >= 15 is 0 Å². The predicted octanol–water partition coefficient (Wildman–Crippen LogP) is 5.31. The molecule has 180 valence electrons. The minimum absolute atomic E-state index is 0.139. The zero-order chi connectivity index (χ0) is 23.8. The lowest BCUT2D eigenvalue weighted by atomic mass is 10.0. The largest absolute Gasteiger partial charge is 0.445 e. The molecule has 7 nitrogen and oxygen atoms in total. The van der Waals surface area contributed by atoms with E-state index in [-0.39, 0.29) is 18.8 Å². The van der Waals surface area contributed by atoms with Crippen molar-refractivity contribution in [3.05, 3.63) is 35.9 Å². The van der Waals surface area contributed by atoms with E-state index in [4.69, 9.17) is 13.9 Å². The molecule has 0 aromatic heterocycles. The van der Waals surface area contributed by atoms with Crippen molar-refractivity contribution in [1.82, 2.24) is 10.2 Å². The molecular weight excluding hydrogens is 424 g/mol. The number of hydrogen-bond acceptors (Lipinski definition) is 5. The van der Waals surface area contributed by atoms with E-state index in [2.05, 4.69) is 26.1 Å². The summed E-state index contributed by atoms with van der Waals surface area (Å²) >= 11 is 0. The highest BCUT2D eigenvalue weighted by Gasteiger charge is 2.38. The molecule has 1 N–H and O–H groups in total. The van der Waals surface area contributed by atoms with Crippen LogP contribution >= 0.6 is 0 Å². The van der Waals surface area contributed by atoms with Gasteiger partial charge in [-0.2, -0.15) is 0 Å². The Morgan fingerprint density at radius 2 is 1.69 bits per heavy atom. The maximum atomic E-state index is 12.9. The highest BCUT2D eigenvalue weighted by molar-refractivity contribution is 6.73. The first-order valence-corrected chi connectivity index (χ1v) is 14.3. The molecule has 1 fully saturated rings. The normalized spacial score (nSPS) is 19.4. The standard InChI is InChI=1S/C24H40N2O5Si/c1-7-32(8-2,9-3)31-21-15-20(25-22(27)30-24(4,5)6)16-26(17-21)23(28)29-18-19-13-11-10-12-14-19/h10-14,20-21H,7-9,15-18H2,1-6H3,(H,25,27)/t20-,21-/m0/s1. The molecule has 2 amide bonds. The Kier molecular flexibility index (Phi) is 9.58. The smallest absolute Gasteiger partial charge is 0.410 e. The number of nitrogens with one attached hydrogen (secondary N) is 1. The Labute approximate surface area is 193 Å². The molecule has 1 heterocycles. The molecule has 32 heavy (non-hydrogen) atoms. The summed E-state index contributed by atoms with van der Waals surface area (Å²) in [5.74, 6) is 0. The average molecular weight is 465 g/mol. The number of ether oxygens (including phenoxy) is 2. The monoisotopic (exact) mass is 464 g/mol. The maximum Gasteiger partial charge on any atom is 0.410 e. The van der Waals surface area contributed by atoms with Crippen LogP contribution in [0.2, 0.25) is 18.1 Å². The molecule has 1 aliphatic rings. The first-order valence-electron chi connectivity index (χ1n) is 11.7. The van der Waals surface area contributed by atoms with Crippen LogP contribution in [0.25, 0.3) is 0 Å². The topological polar surface area (TPSA) is 77.1 Å². The summed E-state index contributed by atoms with van der Waals surface area (Å²) < 4.78 is 17.7. The molecular formula is C24H40N2O5Si. The lowest BCUT2D eigenvalue weighted by Gasteiger charge is -2.41. The number of hydrogen-bond donors (Lipinski definition) is 1. The summed E-state index contributed by atoms with van der Waals surface area (Å²) in [7, 11) is -1.87. The van der Waals surface area contributed by atoms with Gasteiger partial charge in [-0.25, -0.2) is 9.59 Å². The fourth-order valence-electron chi connectivity index (χ4n) is 4.03. The Hall–Kier alpha value is -2.06. The third-order valence-electron chi connectivity index (χ3n) is 5.95. The minimum Gasteiger partial charge on any atom is -0.445 e. The zero-order valence-electron chi connectivity index (χ0n) is 20.5. The van der Waals surface area contributed by atoms with Crippen molar-refractivity contribution in [3.63, 3.8) is 0 Å². The van der Waals surface area contributed by atoms with Gasteiger partial charge in [-0.05, 0) is 50.9 Å². The first kappa shape index (κ1) is 26.2. The number of nitrogens with zero attached hydrogens (tertiary/aromatic N) is 1. The van der Waals surface area contributed by atoms with Crippen molar-refractivity contribution in [2.75, 3.05) is 13.1 Å². The van der Waals surface area contributed by atoms with Crippen LogP contribution in [0.4, 0.5) is 9.59 Å². The summed E-state index contributed by atoms with van der Waals surface area (Å²) in [4.78, 5) is 26.9. The fourth-order valence-corrected chi connectivity index (χ4v) is 6.91. The molecule has 1 aliphatic heterocycles. The van der Waals surface area contributed by atoms with Gasteiger partial charge in [0.25, 0.3) is 0 Å². The van der Waals surface area contributed by atoms with Gasteiger partial charge in [-0.3, -0.25) is 0 Å². The Bertz CT molecular complexity index is 725. The van der Waals surface area contributed by atoms with E-state index in [1.54, 1.807) is 4.90 Å². The summed E-state index contributed by atoms with van der Waals surface area (Å²) in [5.41, 5.74) is 0.348. The number of benzene rings is 1. The average Bonchev–Trinajstić information content (AvgIpc) is 2.75. The molecule has 0 saturated carbocycles. The lowest BCUT2D eigenvalue weighted by Crippen LogP contribution is -2.57. The molecule has 0 radical (unpaired) electrons. The molecule has 1 aromatic carbocycles. The van der Waals surface area contributed by atoms with Gasteiger partial charge < -0.3 is 24.1 Å². The second-order valence-corrected chi connectivity index (χ2v) is 14.2. The van der Waals surface area contributed by atoms with Gasteiger partial charge in [0, 0.05) is 13.1 Å². The third-order valence-corrected chi connectivity index (χ3v) is 10.6. The molecule has 1 saturated heterocycles. The Morgan fingerprint density at radius 3 is 2.25 bits per heavy atom. The number of rotatable bonds is 8. The molecule has 2 atom stereocenters. The van der Waals surface area contributed by atoms with Crippen LogP contribution in [0, 0.1) is 0 Å². The molecule has 0 bridgehead atoms. The maximum absolute atomic E-state index is 12.9. The summed E-state index contributed by atoms with van der Waals surface area (Å²) in [6.07, 6.45) is -0.365. The number of likely N-dealkylation sites (tertiary alicyclic amines) is 1. The van der Waals surface area contributed by atoms with Gasteiger partial charge in [0.1, 0.15) is 12.2 Å². The second kappa shape index (κ2) is 11.7. The highest BCUT2D eigenvalue weighted by Crippen LogP contribution is 2.27. The van der Waals surface area contributed by atoms with Gasteiger partial charge in [0.15, 0.2) is 8.32 Å². The molecule has 0 aliphatic carbocycles. The molecule has 1 aromatic rings. The van der Waals surface area contributed by atoms with Gasteiger partial charge >= 0.3 is 12.2 Å². The van der Waals surface area contributed by atoms with Crippen LogP contribution < -0.4 is 5.32 Å². The Balaban J connectivity index is 2.09. The zero-order valence-corrected chi connectivity index (χ0v) is 21.5. The number of carbonyl (C=O) groups is 2.